The zero-order chi connectivity index (χ0) is 61.4. The zero-order valence-electron chi connectivity index (χ0n) is 49.9. The van der Waals surface area contributed by atoms with Crippen molar-refractivity contribution in [1.29, 1.82) is 0 Å². The van der Waals surface area contributed by atoms with Crippen LogP contribution in [-0.4, -0.2) is 269 Å². The molecule has 26 heteroatoms. The first-order valence-electron chi connectivity index (χ1n) is 30.8. The second-order valence-corrected chi connectivity index (χ2v) is 28.5. The highest BCUT2D eigenvalue weighted by Crippen LogP contribution is 2.78. The van der Waals surface area contributed by atoms with E-state index in [9.17, 15) is 71.5 Å². The second kappa shape index (κ2) is 24.0. The quantitative estimate of drug-likeness (QED) is 0.0679. The van der Waals surface area contributed by atoms with E-state index in [1.54, 1.807) is 0 Å². The molecule has 12 fully saturated rings. The fourth-order valence-electron chi connectivity index (χ4n) is 18.5. The van der Waals surface area contributed by atoms with E-state index in [0.29, 0.717) is 31.8 Å². The van der Waals surface area contributed by atoms with Crippen molar-refractivity contribution >= 4 is 0 Å². The normalized spacial score (nSPS) is 56.7. The van der Waals surface area contributed by atoms with Gasteiger partial charge in [0, 0.05) is 24.2 Å². The number of allylic oxidation sites excluding steroid dienone is 1. The van der Waals surface area contributed by atoms with Crippen molar-refractivity contribution in [3.63, 3.8) is 0 Å². The van der Waals surface area contributed by atoms with Crippen molar-refractivity contribution in [1.82, 2.24) is 0 Å². The fraction of sp³-hybridized carbons (Fsp3) is 0.966. The van der Waals surface area contributed by atoms with Crippen molar-refractivity contribution in [3.8, 4) is 0 Å². The van der Waals surface area contributed by atoms with Gasteiger partial charge < -0.3 is 128 Å². The van der Waals surface area contributed by atoms with Crippen LogP contribution in [0, 0.1) is 45.3 Å². The third-order valence-corrected chi connectivity index (χ3v) is 22.9. The lowest BCUT2D eigenvalue weighted by Gasteiger charge is -2.77. The van der Waals surface area contributed by atoms with E-state index in [0.717, 1.165) is 44.1 Å². The number of aliphatic hydroxyl groups excluding tert-OH is 13. The molecular weight excluding hydrogens is 1120 g/mol. The summed E-state index contributed by atoms with van der Waals surface area (Å²) in [5.41, 5.74) is -0.910. The van der Waals surface area contributed by atoms with Crippen molar-refractivity contribution in [2.45, 2.75) is 278 Å². The van der Waals surface area contributed by atoms with Crippen LogP contribution in [0.15, 0.2) is 11.6 Å². The first-order valence-corrected chi connectivity index (χ1v) is 30.8. The number of ether oxygens (including phenoxy) is 12. The van der Waals surface area contributed by atoms with Crippen LogP contribution in [0.2, 0.25) is 0 Å². The van der Waals surface area contributed by atoms with Crippen LogP contribution in [0.25, 0.3) is 0 Å². The molecule has 2 bridgehead atoms. The van der Waals surface area contributed by atoms with E-state index < -0.39 is 191 Å². The maximum absolute atomic E-state index is 12.5. The van der Waals surface area contributed by atoms with E-state index in [4.69, 9.17) is 56.8 Å². The molecule has 8 aliphatic heterocycles. The maximum atomic E-state index is 12.5. The number of aliphatic hydroxyl groups is 14. The van der Waals surface area contributed by atoms with Gasteiger partial charge in [-0.2, -0.15) is 0 Å². The Kier molecular flexibility index (Phi) is 18.4. The Morgan fingerprint density at radius 1 is 0.565 bits per heavy atom. The highest BCUT2D eigenvalue weighted by molar-refractivity contribution is 5.24. The summed E-state index contributed by atoms with van der Waals surface area (Å²) in [6.07, 6.45) is -30.8. The standard InChI is InChI=1S/C59H96O26/c1-24(2)17-26-18-57(8,73)48-27-9-10-33-55(6)13-12-34(54(4,5)32(55)11-14-56(33,7)58(27)15-16-59(48,85-26)77-23-58)81-52-47(84-51-44(72)39(67)35(63)25(3)78-51)45(29(62)21-75-52)82-53-46(83-50-42(70)36(64)28(61)20-74-50)41(69)38(66)31(80-53)22-76-49-43(71)40(68)37(65)30(19-60)79-49/h17,25-53,60-73H,9-16,18-23H2,1-8H3/t25-,26-,27-,28-,29+,30+,31-,32+,33-,34-,35+,36+,37-,38-,39-,40+,41+,42-,43+,44+,45+,46-,47+,48+,49-,50-,51+,52+,53+,55-,56-,57-,58+,59+/m1/s1. The summed E-state index contributed by atoms with van der Waals surface area (Å²) in [7, 11) is 0. The number of fused-ring (bicyclic) bond motifs is 5. The smallest absolute Gasteiger partial charge is 0.187 e. The lowest BCUT2D eigenvalue weighted by molar-refractivity contribution is -0.436. The minimum Gasteiger partial charge on any atom is -0.394 e. The highest BCUT2D eigenvalue weighted by Gasteiger charge is 2.77. The average Bonchev–Trinajstić information content (AvgIpc) is 0.668. The molecule has 34 atom stereocenters. The molecule has 0 aromatic heterocycles. The molecule has 4 aliphatic carbocycles. The Morgan fingerprint density at radius 2 is 1.20 bits per heavy atom. The Morgan fingerprint density at radius 3 is 1.89 bits per heavy atom. The topological polar surface area (TPSA) is 394 Å². The van der Waals surface area contributed by atoms with Crippen LogP contribution >= 0.6 is 0 Å². The van der Waals surface area contributed by atoms with Gasteiger partial charge in [-0.15, -0.1) is 0 Å². The molecule has 12 aliphatic rings. The lowest BCUT2D eigenvalue weighted by Crippen LogP contribution is -2.77. The average molecular weight is 1220 g/mol. The fourth-order valence-corrected chi connectivity index (χ4v) is 18.5. The minimum atomic E-state index is -2.04. The van der Waals surface area contributed by atoms with Gasteiger partial charge in [-0.25, -0.2) is 0 Å². The Bertz CT molecular complexity index is 2330. The molecule has 0 aromatic rings. The lowest BCUT2D eigenvalue weighted by atomic mass is 9.32. The summed E-state index contributed by atoms with van der Waals surface area (Å²) in [6, 6.07) is 0. The van der Waals surface area contributed by atoms with Gasteiger partial charge in [-0.3, -0.25) is 0 Å². The SMILES string of the molecule is CC(C)=C[C@@H]1C[C@@](C)(O)[C@@H]2[C@H]3CC[C@@H]4[C@]5(C)CC[C@@H](O[C@@H]6OC[C@H](O)[C@H](O[C@@H]7O[C@H](CO[C@@H]8O[C@@H](CO)[C@@H](O)[C@H](O)[C@@H]8O)[C@@H](O)[C@H](O)[C@H]7O[C@H]7OC[C@@H](O)[C@H](O)[C@H]7O)[C@@H]6O[C@@H]6O[C@H](C)[C@H](O)[C@@H](O)[C@@H]6O)C(C)(C)[C@@H]5CC[C@@]4(C)[C@]34CC[C@]2(OC4)O1. The summed E-state index contributed by atoms with van der Waals surface area (Å²) in [4.78, 5) is 0. The molecule has 0 amide bonds. The number of hydrogen-bond acceptors (Lipinski definition) is 26. The van der Waals surface area contributed by atoms with Crippen molar-refractivity contribution in [2.75, 3.05) is 33.0 Å². The van der Waals surface area contributed by atoms with Gasteiger partial charge in [0.25, 0.3) is 0 Å². The Balaban J connectivity index is 0.866. The molecular formula is C59H96O26. The molecule has 85 heavy (non-hydrogen) atoms. The molecule has 0 aromatic carbocycles. The zero-order valence-corrected chi connectivity index (χ0v) is 49.9. The molecule has 14 N–H and O–H groups in total. The van der Waals surface area contributed by atoms with Gasteiger partial charge in [0.1, 0.15) is 104 Å². The van der Waals surface area contributed by atoms with Gasteiger partial charge in [-0.05, 0) is 107 Å². The van der Waals surface area contributed by atoms with E-state index in [1.165, 1.54) is 6.92 Å². The van der Waals surface area contributed by atoms with E-state index >= 15 is 0 Å². The summed E-state index contributed by atoms with van der Waals surface area (Å²) < 4.78 is 75.6. The second-order valence-electron chi connectivity index (χ2n) is 28.5. The minimum absolute atomic E-state index is 0.116. The van der Waals surface area contributed by atoms with Gasteiger partial charge in [0.2, 0.25) is 0 Å². The molecule has 4 saturated carbocycles. The summed E-state index contributed by atoms with van der Waals surface area (Å²) >= 11 is 0. The summed E-state index contributed by atoms with van der Waals surface area (Å²) in [5, 5.41) is 154. The van der Waals surface area contributed by atoms with Crippen LogP contribution in [0.5, 0.6) is 0 Å². The van der Waals surface area contributed by atoms with Gasteiger partial charge in [0.05, 0.1) is 56.9 Å². The van der Waals surface area contributed by atoms with E-state index in [2.05, 4.69) is 33.8 Å². The maximum Gasteiger partial charge on any atom is 0.187 e. The Hall–Kier alpha value is -1.30. The molecule has 0 unspecified atom stereocenters. The molecule has 12 rings (SSSR count). The predicted molar refractivity (Wildman–Crippen MR) is 287 cm³/mol. The highest BCUT2D eigenvalue weighted by atomic mass is 16.8. The van der Waals surface area contributed by atoms with Gasteiger partial charge in [-0.1, -0.05) is 39.3 Å². The first kappa shape index (κ1) is 65.2. The van der Waals surface area contributed by atoms with Gasteiger partial charge in [0.15, 0.2) is 37.2 Å². The largest absolute Gasteiger partial charge is 0.394 e. The predicted octanol–water partition coefficient (Wildman–Crippen LogP) is -2.33. The molecule has 8 saturated heterocycles. The van der Waals surface area contributed by atoms with Crippen LogP contribution in [0.3, 0.4) is 0 Å². The third-order valence-electron chi connectivity index (χ3n) is 22.9. The van der Waals surface area contributed by atoms with Crippen LogP contribution in [0.1, 0.15) is 113 Å². The van der Waals surface area contributed by atoms with Crippen LogP contribution in [-0.2, 0) is 56.8 Å². The molecule has 2 spiro atoms. The molecule has 0 radical (unpaired) electrons. The first-order chi connectivity index (χ1) is 39.9. The number of hydrogen-bond donors (Lipinski definition) is 14. The molecule has 26 nitrogen and oxygen atoms in total. The van der Waals surface area contributed by atoms with Crippen molar-refractivity contribution < 1.29 is 128 Å². The van der Waals surface area contributed by atoms with Gasteiger partial charge >= 0.3 is 0 Å². The van der Waals surface area contributed by atoms with Crippen LogP contribution in [0.4, 0.5) is 0 Å². The monoisotopic (exact) mass is 1220 g/mol. The summed E-state index contributed by atoms with van der Waals surface area (Å²) in [5.74, 6) is -0.412. The van der Waals surface area contributed by atoms with E-state index in [1.807, 2.05) is 20.8 Å². The summed E-state index contributed by atoms with van der Waals surface area (Å²) in [6.45, 7) is 14.9. The number of rotatable bonds is 13. The Labute approximate surface area is 495 Å². The molecule has 488 valence electrons. The molecule has 8 heterocycles. The van der Waals surface area contributed by atoms with Crippen molar-refractivity contribution in [2.24, 2.45) is 45.3 Å². The van der Waals surface area contributed by atoms with E-state index in [-0.39, 0.29) is 40.1 Å². The van der Waals surface area contributed by atoms with Crippen LogP contribution < -0.4 is 0 Å². The third kappa shape index (κ3) is 11.0. The van der Waals surface area contributed by atoms with Crippen molar-refractivity contribution in [3.05, 3.63) is 11.6 Å².